The van der Waals surface area contributed by atoms with Crippen molar-refractivity contribution in [1.82, 2.24) is 5.43 Å². The minimum Gasteiger partial charge on any atom is -0.273 e. The molecule has 2 aromatic rings. The van der Waals surface area contributed by atoms with Gasteiger partial charge < -0.3 is 0 Å². The molecule has 0 atom stereocenters. The number of hydrogen-bond acceptors (Lipinski definition) is 4. The summed E-state index contributed by atoms with van der Waals surface area (Å²) in [5.41, 5.74) is 4.63. The lowest BCUT2D eigenvalue weighted by Crippen LogP contribution is -2.21. The molecule has 0 fully saturated rings. The Morgan fingerprint density at radius 1 is 1.17 bits per heavy atom. The molecule has 23 heavy (non-hydrogen) atoms. The molecule has 0 bridgehead atoms. The summed E-state index contributed by atoms with van der Waals surface area (Å²) < 4.78 is 0. The van der Waals surface area contributed by atoms with Crippen molar-refractivity contribution < 1.29 is 9.72 Å². The maximum atomic E-state index is 11.8. The molecule has 118 valence electrons. The highest BCUT2D eigenvalue weighted by Gasteiger charge is 2.07. The quantitative estimate of drug-likeness (QED) is 0.518. The van der Waals surface area contributed by atoms with Gasteiger partial charge in [0.1, 0.15) is 0 Å². The molecule has 2 aromatic carbocycles. The van der Waals surface area contributed by atoms with Gasteiger partial charge >= 0.3 is 0 Å². The number of nitro benzene ring substituents is 1. The summed E-state index contributed by atoms with van der Waals surface area (Å²) >= 11 is 5.81. The largest absolute Gasteiger partial charge is 0.273 e. The molecule has 0 aliphatic heterocycles. The first-order valence-corrected chi connectivity index (χ1v) is 7.16. The van der Waals surface area contributed by atoms with Crippen molar-refractivity contribution >= 4 is 28.9 Å². The van der Waals surface area contributed by atoms with Crippen LogP contribution in [0, 0.1) is 10.1 Å². The van der Waals surface area contributed by atoms with E-state index in [2.05, 4.69) is 10.5 Å². The molecule has 0 heterocycles. The van der Waals surface area contributed by atoms with Gasteiger partial charge in [-0.2, -0.15) is 5.10 Å². The maximum absolute atomic E-state index is 11.8. The molecule has 7 heteroatoms. The van der Waals surface area contributed by atoms with Crippen molar-refractivity contribution in [1.29, 1.82) is 0 Å². The van der Waals surface area contributed by atoms with Crippen LogP contribution in [0.25, 0.3) is 0 Å². The lowest BCUT2D eigenvalue weighted by atomic mass is 10.1. The van der Waals surface area contributed by atoms with Gasteiger partial charge in [-0.05, 0) is 30.2 Å². The van der Waals surface area contributed by atoms with Crippen LogP contribution in [-0.4, -0.2) is 16.5 Å². The number of rotatable bonds is 5. The summed E-state index contributed by atoms with van der Waals surface area (Å²) in [4.78, 5) is 21.9. The highest BCUT2D eigenvalue weighted by molar-refractivity contribution is 6.30. The van der Waals surface area contributed by atoms with Gasteiger partial charge in [-0.1, -0.05) is 35.9 Å². The van der Waals surface area contributed by atoms with Crippen LogP contribution in [-0.2, 0) is 11.2 Å². The summed E-state index contributed by atoms with van der Waals surface area (Å²) in [7, 11) is 0. The number of hydrazone groups is 1. The fourth-order valence-corrected chi connectivity index (χ4v) is 1.99. The summed E-state index contributed by atoms with van der Waals surface area (Å²) in [5.74, 6) is -0.299. The van der Waals surface area contributed by atoms with Gasteiger partial charge in [0.25, 0.3) is 5.69 Å². The first-order valence-electron chi connectivity index (χ1n) is 6.78. The van der Waals surface area contributed by atoms with E-state index in [4.69, 9.17) is 11.6 Å². The second-order valence-electron chi connectivity index (χ2n) is 4.84. The Kier molecular flexibility index (Phi) is 5.43. The molecule has 0 unspecified atom stereocenters. The Hall–Kier alpha value is -2.73. The molecule has 0 saturated heterocycles. The Bertz CT molecular complexity index is 740. The van der Waals surface area contributed by atoms with Gasteiger partial charge in [0.05, 0.1) is 17.1 Å². The van der Waals surface area contributed by atoms with Crippen molar-refractivity contribution in [2.24, 2.45) is 5.10 Å². The van der Waals surface area contributed by atoms with Gasteiger partial charge in [-0.25, -0.2) is 5.43 Å². The van der Waals surface area contributed by atoms with Crippen LogP contribution in [0.3, 0.4) is 0 Å². The van der Waals surface area contributed by atoms with E-state index in [1.54, 1.807) is 31.2 Å². The zero-order valence-electron chi connectivity index (χ0n) is 12.3. The highest BCUT2D eigenvalue weighted by atomic mass is 35.5. The predicted octanol–water partition coefficient (Wildman–Crippen LogP) is 3.33. The van der Waals surface area contributed by atoms with Gasteiger partial charge in [-0.3, -0.25) is 14.9 Å². The van der Waals surface area contributed by atoms with Gasteiger partial charge in [-0.15, -0.1) is 0 Å². The summed E-state index contributed by atoms with van der Waals surface area (Å²) in [6.45, 7) is 1.77. The number of nitro groups is 1. The average molecular weight is 332 g/mol. The summed E-state index contributed by atoms with van der Waals surface area (Å²) in [6, 6.07) is 12.9. The van der Waals surface area contributed by atoms with E-state index in [0.29, 0.717) is 16.3 Å². The van der Waals surface area contributed by atoms with Crippen molar-refractivity contribution in [3.8, 4) is 0 Å². The number of non-ortho nitro benzene ring substituents is 1. The zero-order chi connectivity index (χ0) is 16.8. The normalized spacial score (nSPS) is 11.1. The van der Waals surface area contributed by atoms with E-state index in [1.165, 1.54) is 12.1 Å². The second-order valence-corrected chi connectivity index (χ2v) is 5.28. The fourth-order valence-electron chi connectivity index (χ4n) is 1.86. The molecular weight excluding hydrogens is 318 g/mol. The highest BCUT2D eigenvalue weighted by Crippen LogP contribution is 2.12. The zero-order valence-corrected chi connectivity index (χ0v) is 13.1. The van der Waals surface area contributed by atoms with Crippen LogP contribution in [0.4, 0.5) is 5.69 Å². The average Bonchev–Trinajstić information content (AvgIpc) is 2.54. The number of carbonyl (C=O) groups excluding carboxylic acids is 1. The lowest BCUT2D eigenvalue weighted by molar-refractivity contribution is -0.384. The van der Waals surface area contributed by atoms with Crippen molar-refractivity contribution in [2.45, 2.75) is 13.3 Å². The van der Waals surface area contributed by atoms with Crippen LogP contribution in [0.2, 0.25) is 5.02 Å². The lowest BCUT2D eigenvalue weighted by Gasteiger charge is -2.03. The number of nitrogens with zero attached hydrogens (tertiary/aromatic N) is 2. The predicted molar refractivity (Wildman–Crippen MR) is 88.6 cm³/mol. The van der Waals surface area contributed by atoms with Crippen LogP contribution >= 0.6 is 11.6 Å². The Labute approximate surface area is 137 Å². The maximum Gasteiger partial charge on any atom is 0.269 e. The minimum atomic E-state index is -0.483. The third kappa shape index (κ3) is 4.89. The third-order valence-electron chi connectivity index (χ3n) is 3.12. The second kappa shape index (κ2) is 7.51. The molecule has 1 amide bonds. The molecule has 0 saturated carbocycles. The monoisotopic (exact) mass is 331 g/mol. The Morgan fingerprint density at radius 2 is 1.78 bits per heavy atom. The number of benzene rings is 2. The molecular formula is C16H14ClN3O3. The van der Waals surface area contributed by atoms with E-state index in [-0.39, 0.29) is 18.0 Å². The van der Waals surface area contributed by atoms with E-state index in [0.717, 1.165) is 5.56 Å². The molecule has 0 aromatic heterocycles. The van der Waals surface area contributed by atoms with E-state index in [1.807, 2.05) is 12.1 Å². The molecule has 0 radical (unpaired) electrons. The van der Waals surface area contributed by atoms with E-state index < -0.39 is 4.92 Å². The molecule has 1 N–H and O–H groups in total. The first-order chi connectivity index (χ1) is 11.0. The molecule has 0 aliphatic carbocycles. The number of hydrogen-bond donors (Lipinski definition) is 1. The number of halogens is 1. The fraction of sp³-hybridized carbons (Fsp3) is 0.125. The van der Waals surface area contributed by atoms with Crippen LogP contribution in [0.5, 0.6) is 0 Å². The molecule has 6 nitrogen and oxygen atoms in total. The van der Waals surface area contributed by atoms with E-state index >= 15 is 0 Å². The van der Waals surface area contributed by atoms with E-state index in [9.17, 15) is 14.9 Å². The standard InChI is InChI=1S/C16H14ClN3O3/c1-11(13-4-6-14(17)7-5-13)18-19-16(21)10-12-2-8-15(9-3-12)20(22)23/h2-9H,10H2,1H3,(H,19,21). The van der Waals surface area contributed by atoms with Gasteiger partial charge in [0.15, 0.2) is 0 Å². The molecule has 0 aliphatic rings. The van der Waals surface area contributed by atoms with Crippen LogP contribution in [0.15, 0.2) is 53.6 Å². The SMILES string of the molecule is CC(=NNC(=O)Cc1ccc([N+](=O)[O-])cc1)c1ccc(Cl)cc1. The van der Waals surface area contributed by atoms with Gasteiger partial charge in [0.2, 0.25) is 5.91 Å². The third-order valence-corrected chi connectivity index (χ3v) is 3.37. The summed E-state index contributed by atoms with van der Waals surface area (Å²) in [5, 5.41) is 15.2. The number of amides is 1. The van der Waals surface area contributed by atoms with Crippen molar-refractivity contribution in [3.05, 3.63) is 74.8 Å². The Balaban J connectivity index is 1.95. The Morgan fingerprint density at radius 3 is 2.35 bits per heavy atom. The van der Waals surface area contributed by atoms with Crippen molar-refractivity contribution in [3.63, 3.8) is 0 Å². The topological polar surface area (TPSA) is 84.6 Å². The van der Waals surface area contributed by atoms with Crippen LogP contribution < -0.4 is 5.43 Å². The number of carbonyl (C=O) groups is 1. The van der Waals surface area contributed by atoms with Crippen molar-refractivity contribution in [2.75, 3.05) is 0 Å². The molecule has 0 spiro atoms. The minimum absolute atomic E-state index is 0.00855. The smallest absolute Gasteiger partial charge is 0.269 e. The summed E-state index contributed by atoms with van der Waals surface area (Å²) in [6.07, 6.45) is 0.0927. The van der Waals surface area contributed by atoms with Crippen LogP contribution in [0.1, 0.15) is 18.1 Å². The first kappa shape index (κ1) is 16.6. The molecule has 2 rings (SSSR count). The number of nitrogens with one attached hydrogen (secondary N) is 1. The van der Waals surface area contributed by atoms with Gasteiger partial charge in [0, 0.05) is 17.2 Å².